The van der Waals surface area contributed by atoms with E-state index in [-0.39, 0.29) is 30.1 Å². The van der Waals surface area contributed by atoms with Gasteiger partial charge in [0.2, 0.25) is 11.8 Å². The van der Waals surface area contributed by atoms with Crippen molar-refractivity contribution in [2.75, 3.05) is 26.2 Å². The zero-order chi connectivity index (χ0) is 16.8. The van der Waals surface area contributed by atoms with Gasteiger partial charge in [-0.15, -0.1) is 0 Å². The van der Waals surface area contributed by atoms with E-state index in [0.29, 0.717) is 26.2 Å². The van der Waals surface area contributed by atoms with E-state index in [2.05, 4.69) is 0 Å². The summed E-state index contributed by atoms with van der Waals surface area (Å²) in [6.45, 7) is 4.52. The summed E-state index contributed by atoms with van der Waals surface area (Å²) in [5.41, 5.74) is 6.19. The topological polar surface area (TPSA) is 66.6 Å². The Labute approximate surface area is 136 Å². The maximum Gasteiger partial charge on any atom is 0.236 e. The number of nitrogens with two attached hydrogens (primary N) is 1. The van der Waals surface area contributed by atoms with Gasteiger partial charge >= 0.3 is 0 Å². The standard InChI is InChI=1S/C17H24FN3O2/c1-2-20(10-13-5-3-7-15(18)9-13)12-16(22)21-8-4-6-14(11-21)17(19)23/h3,5,7,9,14H,2,4,6,8,10-12H2,1H3,(H2,19,23). The van der Waals surface area contributed by atoms with Crippen LogP contribution in [0.15, 0.2) is 24.3 Å². The van der Waals surface area contributed by atoms with Gasteiger partial charge in [-0.25, -0.2) is 4.39 Å². The van der Waals surface area contributed by atoms with Crippen LogP contribution in [0.1, 0.15) is 25.3 Å². The van der Waals surface area contributed by atoms with Crippen molar-refractivity contribution in [3.8, 4) is 0 Å². The van der Waals surface area contributed by atoms with Gasteiger partial charge in [0.05, 0.1) is 12.5 Å². The molecule has 1 aromatic carbocycles. The van der Waals surface area contributed by atoms with Crippen molar-refractivity contribution in [1.82, 2.24) is 9.80 Å². The molecule has 1 saturated heterocycles. The summed E-state index contributed by atoms with van der Waals surface area (Å²) < 4.78 is 13.3. The Morgan fingerprint density at radius 1 is 1.43 bits per heavy atom. The van der Waals surface area contributed by atoms with Crippen LogP contribution in [0, 0.1) is 11.7 Å². The lowest BCUT2D eigenvalue weighted by Gasteiger charge is -2.33. The van der Waals surface area contributed by atoms with Gasteiger partial charge in [0, 0.05) is 19.6 Å². The van der Waals surface area contributed by atoms with Gasteiger partial charge in [-0.1, -0.05) is 19.1 Å². The number of piperidine rings is 1. The number of halogens is 1. The Hall–Kier alpha value is -1.95. The van der Waals surface area contributed by atoms with E-state index >= 15 is 0 Å². The molecule has 1 heterocycles. The molecular weight excluding hydrogens is 297 g/mol. The van der Waals surface area contributed by atoms with Crippen LogP contribution in [-0.2, 0) is 16.1 Å². The number of hydrogen-bond donors (Lipinski definition) is 1. The normalized spacial score (nSPS) is 18.2. The Bertz CT molecular complexity index is 565. The molecule has 1 aromatic rings. The smallest absolute Gasteiger partial charge is 0.236 e. The number of hydrogen-bond acceptors (Lipinski definition) is 3. The maximum atomic E-state index is 13.3. The highest BCUT2D eigenvalue weighted by Crippen LogP contribution is 2.16. The minimum atomic E-state index is -0.338. The fourth-order valence-electron chi connectivity index (χ4n) is 2.90. The van der Waals surface area contributed by atoms with Gasteiger partial charge < -0.3 is 10.6 Å². The molecule has 1 aliphatic rings. The molecule has 2 N–H and O–H groups in total. The fraction of sp³-hybridized carbons (Fsp3) is 0.529. The van der Waals surface area contributed by atoms with E-state index in [0.717, 1.165) is 18.4 Å². The first-order valence-electron chi connectivity index (χ1n) is 8.03. The molecule has 0 radical (unpaired) electrons. The van der Waals surface area contributed by atoms with E-state index in [1.165, 1.54) is 12.1 Å². The molecule has 2 rings (SSSR count). The van der Waals surface area contributed by atoms with Crippen molar-refractivity contribution in [3.05, 3.63) is 35.6 Å². The number of likely N-dealkylation sites (N-methyl/N-ethyl adjacent to an activating group) is 1. The molecule has 1 unspecified atom stereocenters. The number of likely N-dealkylation sites (tertiary alicyclic amines) is 1. The maximum absolute atomic E-state index is 13.3. The zero-order valence-corrected chi connectivity index (χ0v) is 13.5. The van der Waals surface area contributed by atoms with Gasteiger partial charge in [-0.2, -0.15) is 0 Å². The summed E-state index contributed by atoms with van der Waals surface area (Å²) in [6, 6.07) is 6.41. The van der Waals surface area contributed by atoms with Crippen molar-refractivity contribution < 1.29 is 14.0 Å². The van der Waals surface area contributed by atoms with E-state index in [1.54, 1.807) is 11.0 Å². The largest absolute Gasteiger partial charge is 0.369 e. The number of nitrogens with zero attached hydrogens (tertiary/aromatic N) is 2. The van der Waals surface area contributed by atoms with Crippen LogP contribution in [-0.4, -0.2) is 47.8 Å². The van der Waals surface area contributed by atoms with E-state index in [1.807, 2.05) is 17.9 Å². The summed E-state index contributed by atoms with van der Waals surface area (Å²) in [6.07, 6.45) is 1.55. The molecule has 0 bridgehead atoms. The molecule has 2 amide bonds. The first kappa shape index (κ1) is 17.4. The molecule has 0 saturated carbocycles. The van der Waals surface area contributed by atoms with Gasteiger partial charge in [0.1, 0.15) is 5.82 Å². The summed E-state index contributed by atoms with van der Waals surface area (Å²) in [5, 5.41) is 0. The lowest BCUT2D eigenvalue weighted by molar-refractivity contribution is -0.136. The predicted octanol–water partition coefficient (Wildman–Crippen LogP) is 1.37. The first-order chi connectivity index (χ1) is 11.0. The van der Waals surface area contributed by atoms with Crippen LogP contribution in [0.4, 0.5) is 4.39 Å². The highest BCUT2D eigenvalue weighted by molar-refractivity contribution is 5.81. The molecule has 0 spiro atoms. The second-order valence-corrected chi connectivity index (χ2v) is 6.01. The Kier molecular flexibility index (Phi) is 6.10. The molecule has 6 heteroatoms. The van der Waals surface area contributed by atoms with Crippen LogP contribution < -0.4 is 5.73 Å². The summed E-state index contributed by atoms with van der Waals surface area (Å²) in [4.78, 5) is 27.4. The van der Waals surface area contributed by atoms with Crippen LogP contribution in [0.5, 0.6) is 0 Å². The molecule has 23 heavy (non-hydrogen) atoms. The zero-order valence-electron chi connectivity index (χ0n) is 13.5. The van der Waals surface area contributed by atoms with Crippen molar-refractivity contribution in [1.29, 1.82) is 0 Å². The average molecular weight is 321 g/mol. The third-order valence-electron chi connectivity index (χ3n) is 4.28. The SMILES string of the molecule is CCN(CC(=O)N1CCCC(C(N)=O)C1)Cc1cccc(F)c1. The predicted molar refractivity (Wildman–Crippen MR) is 85.8 cm³/mol. The third kappa shape index (κ3) is 5.03. The Balaban J connectivity index is 1.92. The number of primary amides is 1. The third-order valence-corrected chi connectivity index (χ3v) is 4.28. The Morgan fingerprint density at radius 2 is 2.22 bits per heavy atom. The first-order valence-corrected chi connectivity index (χ1v) is 8.03. The average Bonchev–Trinajstić information content (AvgIpc) is 2.54. The van der Waals surface area contributed by atoms with Crippen molar-refractivity contribution >= 4 is 11.8 Å². The fourth-order valence-corrected chi connectivity index (χ4v) is 2.90. The number of carbonyl (C=O) groups is 2. The second kappa shape index (κ2) is 8.06. The number of benzene rings is 1. The number of amides is 2. The molecule has 0 aromatic heterocycles. The van der Waals surface area contributed by atoms with Crippen LogP contribution in [0.3, 0.4) is 0 Å². The molecule has 1 fully saturated rings. The highest BCUT2D eigenvalue weighted by atomic mass is 19.1. The lowest BCUT2D eigenvalue weighted by Crippen LogP contribution is -2.47. The lowest BCUT2D eigenvalue weighted by atomic mass is 9.97. The molecule has 126 valence electrons. The summed E-state index contributed by atoms with van der Waals surface area (Å²) >= 11 is 0. The quantitative estimate of drug-likeness (QED) is 0.860. The molecule has 5 nitrogen and oxygen atoms in total. The van der Waals surface area contributed by atoms with E-state index < -0.39 is 0 Å². The molecule has 0 aliphatic carbocycles. The molecule has 1 atom stereocenters. The monoisotopic (exact) mass is 321 g/mol. The van der Waals surface area contributed by atoms with E-state index in [4.69, 9.17) is 5.73 Å². The van der Waals surface area contributed by atoms with Gasteiger partial charge in [-0.05, 0) is 37.1 Å². The molecule has 1 aliphatic heterocycles. The van der Waals surface area contributed by atoms with Crippen LogP contribution >= 0.6 is 0 Å². The number of rotatable bonds is 6. The highest BCUT2D eigenvalue weighted by Gasteiger charge is 2.27. The van der Waals surface area contributed by atoms with Crippen molar-refractivity contribution in [2.45, 2.75) is 26.3 Å². The molecular formula is C17H24FN3O2. The summed E-state index contributed by atoms with van der Waals surface area (Å²) in [5.74, 6) is -0.861. The second-order valence-electron chi connectivity index (χ2n) is 6.01. The van der Waals surface area contributed by atoms with Gasteiger partial charge in [0.15, 0.2) is 0 Å². The van der Waals surface area contributed by atoms with Gasteiger partial charge in [0.25, 0.3) is 0 Å². The van der Waals surface area contributed by atoms with E-state index in [9.17, 15) is 14.0 Å². The Morgan fingerprint density at radius 3 is 2.87 bits per heavy atom. The van der Waals surface area contributed by atoms with Crippen molar-refractivity contribution in [2.24, 2.45) is 11.7 Å². The van der Waals surface area contributed by atoms with Gasteiger partial charge in [-0.3, -0.25) is 14.5 Å². The van der Waals surface area contributed by atoms with Crippen molar-refractivity contribution in [3.63, 3.8) is 0 Å². The van der Waals surface area contributed by atoms with Crippen LogP contribution in [0.2, 0.25) is 0 Å². The van der Waals surface area contributed by atoms with Crippen LogP contribution in [0.25, 0.3) is 0 Å². The summed E-state index contributed by atoms with van der Waals surface area (Å²) in [7, 11) is 0. The minimum Gasteiger partial charge on any atom is -0.369 e. The number of carbonyl (C=O) groups excluding carboxylic acids is 2. The minimum absolute atomic E-state index is 0.00537.